The van der Waals surface area contributed by atoms with Crippen molar-refractivity contribution in [2.75, 3.05) is 7.05 Å². The monoisotopic (exact) mass is 595 g/mol. The molecule has 0 aromatic heterocycles. The Morgan fingerprint density at radius 1 is 0.814 bits per heavy atom. The van der Waals surface area contributed by atoms with Crippen LogP contribution in [0, 0.1) is 5.41 Å². The van der Waals surface area contributed by atoms with Crippen LogP contribution in [-0.4, -0.2) is 32.1 Å². The van der Waals surface area contributed by atoms with Gasteiger partial charge in [-0.1, -0.05) is 124 Å². The molecule has 0 saturated heterocycles. The van der Waals surface area contributed by atoms with Crippen LogP contribution in [0.3, 0.4) is 0 Å². The topological polar surface area (TPSA) is 92.7 Å². The molecule has 4 aromatic carbocycles. The zero-order valence-corrected chi connectivity index (χ0v) is 25.7. The number of hydrogen-bond donors (Lipinski definition) is 2. The maximum absolute atomic E-state index is 13.9. The van der Waals surface area contributed by atoms with Crippen molar-refractivity contribution >= 4 is 16.0 Å². The number of carbonyl (C=O) groups is 1. The first-order valence-corrected chi connectivity index (χ1v) is 15.8. The van der Waals surface area contributed by atoms with Gasteiger partial charge in [-0.15, -0.1) is 0 Å². The number of carbonyl (C=O) groups excluding carboxylic acids is 1. The summed E-state index contributed by atoms with van der Waals surface area (Å²) in [5.74, 6) is -1.15. The fourth-order valence-corrected chi connectivity index (χ4v) is 7.02. The predicted octanol–water partition coefficient (Wildman–Crippen LogP) is 6.98. The number of ether oxygens (including phenoxy) is 1. The van der Waals surface area contributed by atoms with E-state index in [1.165, 1.54) is 7.05 Å². The van der Waals surface area contributed by atoms with Crippen LogP contribution in [0.4, 0.5) is 0 Å². The zero-order chi connectivity index (χ0) is 30.8. The molecule has 7 heteroatoms. The number of hydrogen-bond acceptors (Lipinski definition) is 5. The second-order valence-corrected chi connectivity index (χ2v) is 14.0. The molecule has 1 unspecified atom stereocenters. The first-order valence-electron chi connectivity index (χ1n) is 14.3. The summed E-state index contributed by atoms with van der Waals surface area (Å²) in [5, 5.41) is 12.1. The normalized spacial score (nSPS) is 15.8. The van der Waals surface area contributed by atoms with Crippen molar-refractivity contribution in [2.45, 2.75) is 50.0 Å². The van der Waals surface area contributed by atoms with Gasteiger partial charge in [-0.2, -0.15) is 0 Å². The van der Waals surface area contributed by atoms with Gasteiger partial charge in [-0.3, -0.25) is 0 Å². The molecule has 0 saturated carbocycles. The van der Waals surface area contributed by atoms with E-state index in [0.717, 1.165) is 16.7 Å². The minimum Gasteiger partial charge on any atom is -0.507 e. The first-order chi connectivity index (χ1) is 20.4. The fourth-order valence-electron chi connectivity index (χ4n) is 6.07. The molecule has 6 nitrogen and oxygen atoms in total. The summed E-state index contributed by atoms with van der Waals surface area (Å²) in [6.45, 7) is 6.06. The smallest absolute Gasteiger partial charge is 0.339 e. The van der Waals surface area contributed by atoms with E-state index in [1.807, 2.05) is 106 Å². The molecule has 1 heterocycles. The molecule has 1 aliphatic heterocycles. The molecule has 5 rings (SSSR count). The van der Waals surface area contributed by atoms with Gasteiger partial charge in [0.25, 0.3) is 0 Å². The minimum absolute atomic E-state index is 0.0614. The summed E-state index contributed by atoms with van der Waals surface area (Å²) in [4.78, 5) is 14.1. The highest BCUT2D eigenvalue weighted by Gasteiger charge is 2.52. The summed E-state index contributed by atoms with van der Waals surface area (Å²) in [6, 6.07) is 33.8. The van der Waals surface area contributed by atoms with Crippen LogP contribution in [-0.2, 0) is 32.4 Å². The van der Waals surface area contributed by atoms with Crippen molar-refractivity contribution < 1.29 is 23.1 Å². The summed E-state index contributed by atoms with van der Waals surface area (Å²) >= 11 is 0. The molecule has 0 fully saturated rings. The van der Waals surface area contributed by atoms with Crippen LogP contribution in [0.25, 0.3) is 11.1 Å². The van der Waals surface area contributed by atoms with Gasteiger partial charge in [0.15, 0.2) is 5.60 Å². The molecule has 4 aromatic rings. The molecule has 0 radical (unpaired) electrons. The van der Waals surface area contributed by atoms with E-state index >= 15 is 0 Å². The van der Waals surface area contributed by atoms with Gasteiger partial charge in [-0.25, -0.2) is 17.9 Å². The second kappa shape index (κ2) is 11.8. The third-order valence-corrected chi connectivity index (χ3v) is 9.46. The Bertz CT molecular complexity index is 1710. The molecule has 1 aliphatic rings. The van der Waals surface area contributed by atoms with Gasteiger partial charge in [0.2, 0.25) is 10.0 Å². The van der Waals surface area contributed by atoms with Gasteiger partial charge in [0.05, 0.1) is 10.5 Å². The summed E-state index contributed by atoms with van der Waals surface area (Å²) in [6.07, 6.45) is 0.631. The number of aliphatic hydroxyl groups is 1. The van der Waals surface area contributed by atoms with Crippen molar-refractivity contribution in [3.63, 3.8) is 0 Å². The molecule has 2 N–H and O–H groups in total. The number of esters is 1. The van der Waals surface area contributed by atoms with E-state index in [1.54, 1.807) is 24.3 Å². The van der Waals surface area contributed by atoms with Gasteiger partial charge >= 0.3 is 5.97 Å². The van der Waals surface area contributed by atoms with Crippen molar-refractivity contribution in [2.24, 2.45) is 5.41 Å². The lowest BCUT2D eigenvalue weighted by atomic mass is 9.70. The Kier molecular flexibility index (Phi) is 8.32. The minimum atomic E-state index is -3.72. The van der Waals surface area contributed by atoms with E-state index in [0.29, 0.717) is 24.0 Å². The Morgan fingerprint density at radius 3 is 1.93 bits per heavy atom. The number of aliphatic hydroxyl groups excluding tert-OH is 1. The summed E-state index contributed by atoms with van der Waals surface area (Å²) in [7, 11) is -2.33. The van der Waals surface area contributed by atoms with Gasteiger partial charge in [0.1, 0.15) is 5.76 Å². The van der Waals surface area contributed by atoms with Crippen LogP contribution in [0.1, 0.15) is 43.4 Å². The molecule has 0 aliphatic carbocycles. The maximum atomic E-state index is 13.9. The average molecular weight is 596 g/mol. The Labute approximate surface area is 254 Å². The molecule has 0 bridgehead atoms. The van der Waals surface area contributed by atoms with E-state index in [-0.39, 0.29) is 16.2 Å². The van der Waals surface area contributed by atoms with Crippen LogP contribution in [0.15, 0.2) is 125 Å². The molecule has 222 valence electrons. The highest BCUT2D eigenvalue weighted by Crippen LogP contribution is 2.49. The van der Waals surface area contributed by atoms with Gasteiger partial charge < -0.3 is 9.84 Å². The summed E-state index contributed by atoms with van der Waals surface area (Å²) in [5.41, 5.74) is 2.33. The highest BCUT2D eigenvalue weighted by atomic mass is 32.2. The standard InChI is InChI=1S/C36H37NO5S/c1-35(2,3)32(28-19-13-18-27(22-28)29-20-11-12-21-30(29)43(40,41)37-4)31-33(38)36(42-34(31)39,23-25-14-7-5-8-15-25)24-26-16-9-6-10-17-26/h5-22,32,37-38H,23-24H2,1-4H3. The lowest BCUT2D eigenvalue weighted by Crippen LogP contribution is -2.37. The summed E-state index contributed by atoms with van der Waals surface area (Å²) < 4.78 is 34.3. The van der Waals surface area contributed by atoms with Gasteiger partial charge in [0, 0.05) is 24.3 Å². The van der Waals surface area contributed by atoms with E-state index in [4.69, 9.17) is 4.74 Å². The molecule has 1 atom stereocenters. The van der Waals surface area contributed by atoms with Crippen molar-refractivity contribution in [1.29, 1.82) is 0 Å². The molecule has 0 amide bonds. The number of cyclic esters (lactones) is 1. The van der Waals surface area contributed by atoms with E-state index < -0.39 is 32.9 Å². The quantitative estimate of drug-likeness (QED) is 0.204. The molecular weight excluding hydrogens is 558 g/mol. The maximum Gasteiger partial charge on any atom is 0.339 e. The molecular formula is C36H37NO5S. The lowest BCUT2D eigenvalue weighted by molar-refractivity contribution is -0.148. The molecule has 43 heavy (non-hydrogen) atoms. The van der Waals surface area contributed by atoms with Crippen LogP contribution in [0.5, 0.6) is 0 Å². The average Bonchev–Trinajstić information content (AvgIpc) is 3.21. The Balaban J connectivity index is 1.66. The van der Waals surface area contributed by atoms with Crippen LogP contribution >= 0.6 is 0 Å². The van der Waals surface area contributed by atoms with Crippen LogP contribution < -0.4 is 4.72 Å². The molecule has 0 spiro atoms. The lowest BCUT2D eigenvalue weighted by Gasteiger charge is -2.32. The highest BCUT2D eigenvalue weighted by molar-refractivity contribution is 7.89. The fraction of sp³-hybridized carbons (Fsp3) is 0.250. The Morgan fingerprint density at radius 2 is 1.37 bits per heavy atom. The number of sulfonamides is 1. The number of rotatable bonds is 9. The third-order valence-electron chi connectivity index (χ3n) is 7.99. The van der Waals surface area contributed by atoms with E-state index in [9.17, 15) is 18.3 Å². The number of benzene rings is 4. The second-order valence-electron chi connectivity index (χ2n) is 12.1. The first kappa shape index (κ1) is 30.3. The van der Waals surface area contributed by atoms with E-state index in [2.05, 4.69) is 4.72 Å². The Hall–Kier alpha value is -4.20. The SMILES string of the molecule is CNS(=O)(=O)c1ccccc1-c1cccc(C(C2=C(O)C(Cc3ccccc3)(Cc3ccccc3)OC2=O)C(C)(C)C)c1. The van der Waals surface area contributed by atoms with Crippen molar-refractivity contribution in [3.05, 3.63) is 137 Å². The predicted molar refractivity (Wildman–Crippen MR) is 169 cm³/mol. The van der Waals surface area contributed by atoms with Crippen LogP contribution in [0.2, 0.25) is 0 Å². The van der Waals surface area contributed by atoms with Crippen molar-refractivity contribution in [1.82, 2.24) is 4.72 Å². The number of nitrogens with one attached hydrogen (secondary N) is 1. The third kappa shape index (κ3) is 6.14. The van der Waals surface area contributed by atoms with Crippen molar-refractivity contribution in [3.8, 4) is 11.1 Å². The largest absolute Gasteiger partial charge is 0.507 e. The van der Waals surface area contributed by atoms with Gasteiger partial charge in [-0.05, 0) is 40.8 Å². The zero-order valence-electron chi connectivity index (χ0n) is 24.9.